The number of para-hydroxylation sites is 1. The fourth-order valence-electron chi connectivity index (χ4n) is 3.69. The van der Waals surface area contributed by atoms with Crippen LogP contribution in [0.3, 0.4) is 0 Å². The molecule has 1 saturated carbocycles. The molecule has 1 heterocycles. The molecule has 8 heteroatoms. The third-order valence-electron chi connectivity index (χ3n) is 5.32. The molecule has 0 bridgehead atoms. The maximum absolute atomic E-state index is 12.6. The number of benzene rings is 1. The Morgan fingerprint density at radius 2 is 1.90 bits per heavy atom. The van der Waals surface area contributed by atoms with Crippen molar-refractivity contribution in [3.05, 3.63) is 40.6 Å². The number of halogens is 1. The van der Waals surface area contributed by atoms with Crippen LogP contribution in [0.5, 0.6) is 5.75 Å². The molecule has 0 aromatic heterocycles. The molecule has 0 atom stereocenters. The molecular weight excluding hydrogens is 394 g/mol. The smallest absolute Gasteiger partial charge is 0.352 e. The Kier molecular flexibility index (Phi) is 7.14. The Labute approximate surface area is 175 Å². The van der Waals surface area contributed by atoms with E-state index in [-0.39, 0.29) is 24.3 Å². The van der Waals surface area contributed by atoms with Gasteiger partial charge in [-0.2, -0.15) is 0 Å². The number of hydrogen-bond donors (Lipinski definition) is 2. The van der Waals surface area contributed by atoms with Gasteiger partial charge in [-0.3, -0.25) is 9.79 Å². The lowest BCUT2D eigenvalue weighted by molar-refractivity contribution is -0.133. The summed E-state index contributed by atoms with van der Waals surface area (Å²) in [5.74, 6) is -0.535. The number of piperidine rings is 1. The van der Waals surface area contributed by atoms with E-state index in [1.165, 1.54) is 0 Å². The third-order valence-corrected chi connectivity index (χ3v) is 5.64. The normalized spacial score (nSPS) is 21.1. The van der Waals surface area contributed by atoms with Crippen molar-refractivity contribution >= 4 is 29.2 Å². The first-order valence-electron chi connectivity index (χ1n) is 9.90. The van der Waals surface area contributed by atoms with Gasteiger partial charge in [-0.15, -0.1) is 0 Å². The molecule has 1 aromatic rings. The van der Waals surface area contributed by atoms with Crippen molar-refractivity contribution in [1.82, 2.24) is 4.90 Å². The fraction of sp³-hybridized carbons (Fsp3) is 0.476. The van der Waals surface area contributed by atoms with Crippen molar-refractivity contribution in [3.63, 3.8) is 0 Å². The first-order chi connectivity index (χ1) is 14.0. The summed E-state index contributed by atoms with van der Waals surface area (Å²) < 4.78 is 5.96. The van der Waals surface area contributed by atoms with Crippen LogP contribution in [0.1, 0.15) is 38.5 Å². The first kappa shape index (κ1) is 21.2. The van der Waals surface area contributed by atoms with E-state index in [1.807, 2.05) is 18.2 Å². The lowest BCUT2D eigenvalue weighted by Gasteiger charge is -2.32. The van der Waals surface area contributed by atoms with Gasteiger partial charge < -0.3 is 20.5 Å². The summed E-state index contributed by atoms with van der Waals surface area (Å²) in [6.45, 7) is 1.21. The van der Waals surface area contributed by atoms with E-state index >= 15 is 0 Å². The first-order valence-corrected chi connectivity index (χ1v) is 10.3. The van der Waals surface area contributed by atoms with Crippen molar-refractivity contribution in [2.24, 2.45) is 10.7 Å². The molecule has 0 spiro atoms. The fourth-order valence-corrected chi connectivity index (χ4v) is 3.87. The van der Waals surface area contributed by atoms with Crippen LogP contribution in [0.15, 0.2) is 40.5 Å². The van der Waals surface area contributed by atoms with Gasteiger partial charge in [0.2, 0.25) is 5.91 Å². The van der Waals surface area contributed by atoms with Crippen LogP contribution in [-0.2, 0) is 9.59 Å². The molecule has 3 N–H and O–H groups in total. The summed E-state index contributed by atoms with van der Waals surface area (Å²) in [5.41, 5.74) is 6.77. The molecule has 1 aliphatic heterocycles. The maximum Gasteiger partial charge on any atom is 0.352 e. The largest absolute Gasteiger partial charge is 0.489 e. The van der Waals surface area contributed by atoms with E-state index in [0.717, 1.165) is 25.7 Å². The Balaban J connectivity index is 1.54. The molecule has 1 amide bonds. The number of carbonyl (C=O) groups is 2. The summed E-state index contributed by atoms with van der Waals surface area (Å²) in [6.07, 6.45) is 4.53. The van der Waals surface area contributed by atoms with Crippen LogP contribution in [0.2, 0.25) is 5.02 Å². The van der Waals surface area contributed by atoms with Crippen LogP contribution in [0.4, 0.5) is 0 Å². The molecule has 0 radical (unpaired) electrons. The number of hydrogen-bond acceptors (Lipinski definition) is 5. The lowest BCUT2D eigenvalue weighted by atomic mass is 9.91. The predicted octanol–water partition coefficient (Wildman–Crippen LogP) is 3.02. The quantitative estimate of drug-likeness (QED) is 0.713. The topological polar surface area (TPSA) is 105 Å². The number of nitrogens with zero attached hydrogens (tertiary/aromatic N) is 2. The minimum absolute atomic E-state index is 0.0156. The Bertz CT molecular complexity index is 829. The van der Waals surface area contributed by atoms with Gasteiger partial charge in [0.05, 0.1) is 5.02 Å². The minimum Gasteiger partial charge on any atom is -0.489 e. The zero-order valence-corrected chi connectivity index (χ0v) is 17.0. The third kappa shape index (κ3) is 5.50. The van der Waals surface area contributed by atoms with Crippen molar-refractivity contribution in [3.8, 4) is 5.75 Å². The number of likely N-dealkylation sites (tertiary alicyclic amines) is 1. The van der Waals surface area contributed by atoms with Gasteiger partial charge in [0.15, 0.2) is 0 Å². The molecule has 2 aliphatic rings. The summed E-state index contributed by atoms with van der Waals surface area (Å²) in [6, 6.07) is 7.37. The van der Waals surface area contributed by atoms with Gasteiger partial charge in [0.25, 0.3) is 0 Å². The SMILES string of the molecule is NC(C(=O)O)=C1CCCCC1=NCC(=O)N1CCC(Oc2ccccc2Cl)CC1. The summed E-state index contributed by atoms with van der Waals surface area (Å²) in [7, 11) is 0. The van der Waals surface area contributed by atoms with E-state index in [2.05, 4.69) is 4.99 Å². The highest BCUT2D eigenvalue weighted by atomic mass is 35.5. The zero-order valence-electron chi connectivity index (χ0n) is 16.3. The highest BCUT2D eigenvalue weighted by molar-refractivity contribution is 6.32. The van der Waals surface area contributed by atoms with E-state index in [4.69, 9.17) is 27.2 Å². The van der Waals surface area contributed by atoms with E-state index in [9.17, 15) is 9.59 Å². The number of allylic oxidation sites excluding steroid dienone is 1. The number of aliphatic carboxylic acids is 1. The van der Waals surface area contributed by atoms with Crippen LogP contribution in [0.25, 0.3) is 0 Å². The van der Waals surface area contributed by atoms with Gasteiger partial charge in [0, 0.05) is 37.2 Å². The molecular formula is C21H26ClN3O4. The Morgan fingerprint density at radius 1 is 1.21 bits per heavy atom. The lowest BCUT2D eigenvalue weighted by Crippen LogP contribution is -2.42. The summed E-state index contributed by atoms with van der Waals surface area (Å²) in [4.78, 5) is 29.9. The molecule has 156 valence electrons. The van der Waals surface area contributed by atoms with Crippen LogP contribution in [0, 0.1) is 0 Å². The van der Waals surface area contributed by atoms with Crippen molar-refractivity contribution in [2.75, 3.05) is 19.6 Å². The second-order valence-corrected chi connectivity index (χ2v) is 7.70. The van der Waals surface area contributed by atoms with E-state index < -0.39 is 5.97 Å². The molecule has 7 nitrogen and oxygen atoms in total. The molecule has 1 aliphatic carbocycles. The molecule has 3 rings (SSSR count). The van der Waals surface area contributed by atoms with E-state index in [1.54, 1.807) is 11.0 Å². The monoisotopic (exact) mass is 419 g/mol. The highest BCUT2D eigenvalue weighted by Crippen LogP contribution is 2.27. The van der Waals surface area contributed by atoms with E-state index in [0.29, 0.717) is 48.0 Å². The van der Waals surface area contributed by atoms with Gasteiger partial charge >= 0.3 is 5.97 Å². The van der Waals surface area contributed by atoms with Crippen LogP contribution >= 0.6 is 11.6 Å². The number of carboxylic acid groups (broad SMARTS) is 1. The van der Waals surface area contributed by atoms with Crippen molar-refractivity contribution in [2.45, 2.75) is 44.6 Å². The molecule has 1 saturated heterocycles. The predicted molar refractivity (Wildman–Crippen MR) is 111 cm³/mol. The second-order valence-electron chi connectivity index (χ2n) is 7.30. The Morgan fingerprint density at radius 3 is 2.59 bits per heavy atom. The zero-order chi connectivity index (χ0) is 20.8. The van der Waals surface area contributed by atoms with Crippen molar-refractivity contribution < 1.29 is 19.4 Å². The van der Waals surface area contributed by atoms with Gasteiger partial charge in [-0.25, -0.2) is 4.79 Å². The number of nitrogens with two attached hydrogens (primary N) is 1. The molecule has 2 fully saturated rings. The number of amides is 1. The minimum atomic E-state index is -1.14. The number of aliphatic imine (C=N–C) groups is 1. The number of carboxylic acids is 1. The molecule has 29 heavy (non-hydrogen) atoms. The summed E-state index contributed by atoms with van der Waals surface area (Å²) in [5, 5.41) is 9.73. The number of ether oxygens (including phenoxy) is 1. The Hall–Kier alpha value is -2.54. The number of rotatable bonds is 5. The average Bonchev–Trinajstić information content (AvgIpc) is 2.74. The van der Waals surface area contributed by atoms with Crippen LogP contribution in [-0.4, -0.2) is 53.3 Å². The van der Waals surface area contributed by atoms with Crippen molar-refractivity contribution in [1.29, 1.82) is 0 Å². The molecule has 1 aromatic carbocycles. The van der Waals surface area contributed by atoms with Crippen LogP contribution < -0.4 is 10.5 Å². The van der Waals surface area contributed by atoms with Gasteiger partial charge in [-0.05, 0) is 37.8 Å². The number of carbonyl (C=O) groups excluding carboxylic acids is 1. The van der Waals surface area contributed by atoms with Gasteiger partial charge in [0.1, 0.15) is 24.1 Å². The summed E-state index contributed by atoms with van der Waals surface area (Å²) >= 11 is 6.14. The average molecular weight is 420 g/mol. The highest BCUT2D eigenvalue weighted by Gasteiger charge is 2.25. The standard InChI is InChI=1S/C21H26ClN3O4/c22-16-6-2-4-8-18(16)29-14-9-11-25(12-10-14)19(26)13-24-17-7-3-1-5-15(17)20(23)21(27)28/h2,4,6,8,14H,1,3,5,7,9-13,23H2,(H,27,28). The van der Waals surface area contributed by atoms with Gasteiger partial charge in [-0.1, -0.05) is 23.7 Å². The molecule has 0 unspecified atom stereocenters. The second kappa shape index (κ2) is 9.78. The maximum atomic E-state index is 12.6.